The van der Waals surface area contributed by atoms with E-state index in [1.54, 1.807) is 45.0 Å². The Morgan fingerprint density at radius 3 is 2.31 bits per heavy atom. The van der Waals surface area contributed by atoms with E-state index >= 15 is 0 Å². The monoisotopic (exact) mass is 507 g/mol. The highest BCUT2D eigenvalue weighted by atomic mass is 32.1. The number of carbonyl (C=O) groups is 3. The summed E-state index contributed by atoms with van der Waals surface area (Å²) in [5.41, 5.74) is 2.83. The SMILES string of the molecule is C#CN(C(=O)C(CS)NC(=O)OC(C)(C)C)C(C(=O)Nc1c(C)cccc1C)c1cccc(C=C)c1. The van der Waals surface area contributed by atoms with Crippen molar-refractivity contribution in [1.82, 2.24) is 10.2 Å². The first kappa shape index (κ1) is 28.5. The standard InChI is InChI=1S/C28H33N3O4S/c1-8-20-14-11-15-21(16-20)24(25(32)30-23-18(3)12-10-13-19(23)4)31(9-2)26(33)22(17-36)29-27(34)35-28(5,6)7/h2,8,10-16,22,24,36H,1,17H2,3-7H3,(H,29,34)(H,30,32). The number of aryl methyl sites for hydroxylation is 2. The number of anilines is 1. The fourth-order valence-electron chi connectivity index (χ4n) is 3.55. The third-order valence-electron chi connectivity index (χ3n) is 5.25. The van der Waals surface area contributed by atoms with Gasteiger partial charge in [0, 0.05) is 17.5 Å². The smallest absolute Gasteiger partial charge is 0.408 e. The Morgan fingerprint density at radius 1 is 1.17 bits per heavy atom. The minimum absolute atomic E-state index is 0.0613. The van der Waals surface area contributed by atoms with E-state index in [1.165, 1.54) is 0 Å². The van der Waals surface area contributed by atoms with Gasteiger partial charge in [-0.3, -0.25) is 14.5 Å². The third-order valence-corrected chi connectivity index (χ3v) is 5.61. The van der Waals surface area contributed by atoms with Crippen LogP contribution in [-0.2, 0) is 14.3 Å². The van der Waals surface area contributed by atoms with E-state index in [2.05, 4.69) is 35.9 Å². The molecule has 0 heterocycles. The van der Waals surface area contributed by atoms with Crippen LogP contribution < -0.4 is 10.6 Å². The highest BCUT2D eigenvalue weighted by molar-refractivity contribution is 7.80. The fraction of sp³-hybridized carbons (Fsp3) is 0.321. The van der Waals surface area contributed by atoms with Crippen molar-refractivity contribution in [3.05, 3.63) is 71.3 Å². The van der Waals surface area contributed by atoms with Crippen LogP contribution in [0.2, 0.25) is 0 Å². The molecule has 2 aromatic carbocycles. The predicted octanol–water partition coefficient (Wildman–Crippen LogP) is 4.87. The summed E-state index contributed by atoms with van der Waals surface area (Å²) in [6, 6.07) is 12.7. The van der Waals surface area contributed by atoms with Gasteiger partial charge in [0.2, 0.25) is 0 Å². The predicted molar refractivity (Wildman–Crippen MR) is 147 cm³/mol. The molecular formula is C28H33N3O4S. The van der Waals surface area contributed by atoms with E-state index in [9.17, 15) is 14.4 Å². The molecule has 0 bridgehead atoms. The molecule has 2 rings (SSSR count). The van der Waals surface area contributed by atoms with Crippen LogP contribution in [0.25, 0.3) is 6.08 Å². The number of alkyl carbamates (subject to hydrolysis) is 1. The van der Waals surface area contributed by atoms with Crippen LogP contribution in [0.5, 0.6) is 0 Å². The second kappa shape index (κ2) is 12.3. The molecule has 2 unspecified atom stereocenters. The zero-order valence-corrected chi connectivity index (χ0v) is 22.2. The quantitative estimate of drug-likeness (QED) is 0.270. The third kappa shape index (κ3) is 7.40. The number of rotatable bonds is 8. The lowest BCUT2D eigenvalue weighted by Crippen LogP contribution is -2.51. The molecule has 2 aromatic rings. The Morgan fingerprint density at radius 2 is 1.78 bits per heavy atom. The lowest BCUT2D eigenvalue weighted by molar-refractivity contribution is -0.136. The number of ether oxygens (including phenoxy) is 1. The Bertz CT molecular complexity index is 1160. The van der Waals surface area contributed by atoms with Gasteiger partial charge in [-0.15, -0.1) is 0 Å². The average molecular weight is 508 g/mol. The van der Waals surface area contributed by atoms with Crippen molar-refractivity contribution in [3.8, 4) is 12.5 Å². The number of amides is 3. The first-order valence-corrected chi connectivity index (χ1v) is 12.0. The maximum atomic E-state index is 13.7. The minimum Gasteiger partial charge on any atom is -0.444 e. The molecule has 7 nitrogen and oxygen atoms in total. The Balaban J connectivity index is 2.49. The molecular weight excluding hydrogens is 474 g/mol. The summed E-state index contributed by atoms with van der Waals surface area (Å²) in [7, 11) is 0. The van der Waals surface area contributed by atoms with E-state index in [0.717, 1.165) is 21.6 Å². The van der Waals surface area contributed by atoms with Crippen LogP contribution >= 0.6 is 12.6 Å². The molecule has 0 aliphatic heterocycles. The van der Waals surface area contributed by atoms with Gasteiger partial charge in [0.1, 0.15) is 17.7 Å². The van der Waals surface area contributed by atoms with Crippen LogP contribution in [0.3, 0.4) is 0 Å². The maximum absolute atomic E-state index is 13.7. The number of benzene rings is 2. The number of carbonyl (C=O) groups excluding carboxylic acids is 3. The molecule has 0 saturated carbocycles. The van der Waals surface area contributed by atoms with Crippen LogP contribution in [0.4, 0.5) is 10.5 Å². The van der Waals surface area contributed by atoms with Crippen molar-refractivity contribution in [2.75, 3.05) is 11.1 Å². The van der Waals surface area contributed by atoms with Crippen molar-refractivity contribution >= 4 is 42.3 Å². The zero-order valence-electron chi connectivity index (χ0n) is 21.3. The van der Waals surface area contributed by atoms with Gasteiger partial charge < -0.3 is 15.4 Å². The normalized spacial score (nSPS) is 12.5. The minimum atomic E-state index is -1.19. The molecule has 0 spiro atoms. The Labute approximate surface area is 218 Å². The fourth-order valence-corrected chi connectivity index (χ4v) is 3.79. The maximum Gasteiger partial charge on any atom is 0.408 e. The molecule has 0 aromatic heterocycles. The highest BCUT2D eigenvalue weighted by Gasteiger charge is 2.36. The molecule has 3 amide bonds. The van der Waals surface area contributed by atoms with E-state index in [0.29, 0.717) is 11.3 Å². The van der Waals surface area contributed by atoms with Crippen molar-refractivity contribution in [1.29, 1.82) is 0 Å². The van der Waals surface area contributed by atoms with Gasteiger partial charge in [-0.1, -0.05) is 55.5 Å². The van der Waals surface area contributed by atoms with Gasteiger partial charge in [-0.05, 0) is 62.9 Å². The Hall–Kier alpha value is -3.70. The zero-order chi connectivity index (χ0) is 27.0. The Kier molecular flexibility index (Phi) is 9.76. The van der Waals surface area contributed by atoms with Crippen LogP contribution in [-0.4, -0.2) is 40.2 Å². The molecule has 0 radical (unpaired) electrons. The summed E-state index contributed by atoms with van der Waals surface area (Å²) < 4.78 is 5.27. The van der Waals surface area contributed by atoms with Crippen molar-refractivity contribution < 1.29 is 19.1 Å². The average Bonchev–Trinajstić information content (AvgIpc) is 2.81. The van der Waals surface area contributed by atoms with E-state index in [-0.39, 0.29) is 5.75 Å². The van der Waals surface area contributed by atoms with E-state index in [4.69, 9.17) is 11.2 Å². The van der Waals surface area contributed by atoms with Gasteiger partial charge in [0.05, 0.1) is 0 Å². The largest absolute Gasteiger partial charge is 0.444 e. The number of nitrogens with zero attached hydrogens (tertiary/aromatic N) is 1. The number of hydrogen-bond donors (Lipinski definition) is 3. The molecule has 0 aliphatic carbocycles. The van der Waals surface area contributed by atoms with Crippen molar-refractivity contribution in [3.63, 3.8) is 0 Å². The number of hydrogen-bond acceptors (Lipinski definition) is 5. The topological polar surface area (TPSA) is 87.7 Å². The first-order chi connectivity index (χ1) is 16.9. The van der Waals surface area contributed by atoms with Gasteiger partial charge in [0.15, 0.2) is 0 Å². The summed E-state index contributed by atoms with van der Waals surface area (Å²) in [4.78, 5) is 40.5. The van der Waals surface area contributed by atoms with Gasteiger partial charge >= 0.3 is 6.09 Å². The van der Waals surface area contributed by atoms with E-state index in [1.807, 2.05) is 38.1 Å². The highest BCUT2D eigenvalue weighted by Crippen LogP contribution is 2.27. The molecule has 0 saturated heterocycles. The summed E-state index contributed by atoms with van der Waals surface area (Å²) in [6.45, 7) is 12.7. The lowest BCUT2D eigenvalue weighted by Gasteiger charge is -2.30. The van der Waals surface area contributed by atoms with Crippen LogP contribution in [0, 0.1) is 26.3 Å². The van der Waals surface area contributed by atoms with Gasteiger partial charge in [-0.2, -0.15) is 12.6 Å². The molecule has 8 heteroatoms. The van der Waals surface area contributed by atoms with Gasteiger partial charge in [-0.25, -0.2) is 4.79 Å². The molecule has 2 atom stereocenters. The number of terminal acetylenes is 1. The molecule has 36 heavy (non-hydrogen) atoms. The second-order valence-electron chi connectivity index (χ2n) is 9.25. The first-order valence-electron chi connectivity index (χ1n) is 11.4. The second-order valence-corrected chi connectivity index (χ2v) is 9.62. The van der Waals surface area contributed by atoms with Crippen molar-refractivity contribution in [2.24, 2.45) is 0 Å². The summed E-state index contributed by atoms with van der Waals surface area (Å²) >= 11 is 4.22. The number of thiol groups is 1. The lowest BCUT2D eigenvalue weighted by atomic mass is 10.00. The number of para-hydroxylation sites is 1. The molecule has 190 valence electrons. The van der Waals surface area contributed by atoms with Crippen molar-refractivity contribution in [2.45, 2.75) is 52.3 Å². The molecule has 2 N–H and O–H groups in total. The van der Waals surface area contributed by atoms with E-state index < -0.39 is 35.6 Å². The van der Waals surface area contributed by atoms with Crippen LogP contribution in [0.1, 0.15) is 49.1 Å². The summed E-state index contributed by atoms with van der Waals surface area (Å²) in [5.74, 6) is -1.24. The summed E-state index contributed by atoms with van der Waals surface area (Å²) in [5, 5.41) is 5.43. The van der Waals surface area contributed by atoms with Gasteiger partial charge in [0.25, 0.3) is 11.8 Å². The number of nitrogens with one attached hydrogen (secondary N) is 2. The van der Waals surface area contributed by atoms with Crippen LogP contribution in [0.15, 0.2) is 49.0 Å². The molecule has 0 fully saturated rings. The molecule has 0 aliphatic rings. The summed E-state index contributed by atoms with van der Waals surface area (Å²) in [6.07, 6.45) is 6.62.